The first kappa shape index (κ1) is 26.3. The summed E-state index contributed by atoms with van der Waals surface area (Å²) in [5, 5.41) is 24.1. The fraction of sp³-hybridized carbons (Fsp3) is 0.429. The molecule has 0 aliphatic heterocycles. The molecule has 1 saturated carbocycles. The number of alkyl halides is 3. The minimum Gasteiger partial charge on any atom is -0.390 e. The first-order chi connectivity index (χ1) is 16.2. The highest BCUT2D eigenvalue weighted by Crippen LogP contribution is 2.38. The largest absolute Gasteiger partial charge is 0.434 e. The molecule has 2 aromatic rings. The molecule has 3 rings (SSSR count). The molecule has 14 heteroatoms. The Morgan fingerprint density at radius 2 is 1.86 bits per heavy atom. The van der Waals surface area contributed by atoms with Crippen LogP contribution in [-0.4, -0.2) is 41.5 Å². The number of aromatic nitrogens is 1. The lowest BCUT2D eigenvalue weighted by Gasteiger charge is -2.33. The summed E-state index contributed by atoms with van der Waals surface area (Å²) < 4.78 is 68.2. The highest BCUT2D eigenvalue weighted by atomic mass is 32.2. The third kappa shape index (κ3) is 6.45. The molecule has 0 atom stereocenters. The van der Waals surface area contributed by atoms with Gasteiger partial charge < -0.3 is 10.4 Å². The minimum absolute atomic E-state index is 0.0397. The molecule has 190 valence electrons. The van der Waals surface area contributed by atoms with Gasteiger partial charge in [-0.1, -0.05) is 18.2 Å². The van der Waals surface area contributed by atoms with Gasteiger partial charge in [-0.3, -0.25) is 14.9 Å². The second-order valence-corrected chi connectivity index (χ2v) is 10.2. The summed E-state index contributed by atoms with van der Waals surface area (Å²) in [5.41, 5.74) is -3.87. The number of rotatable bonds is 7. The van der Waals surface area contributed by atoms with E-state index < -0.39 is 54.7 Å². The second-order valence-electron chi connectivity index (χ2n) is 8.58. The first-order valence-corrected chi connectivity index (χ1v) is 12.0. The molecule has 1 aliphatic rings. The number of anilines is 1. The zero-order chi connectivity index (χ0) is 26.0. The van der Waals surface area contributed by atoms with Crippen molar-refractivity contribution in [1.29, 1.82) is 0 Å². The van der Waals surface area contributed by atoms with Crippen molar-refractivity contribution in [3.63, 3.8) is 0 Å². The molecule has 1 aromatic heterocycles. The number of hydrogen-bond donors (Lipinski definition) is 3. The van der Waals surface area contributed by atoms with Crippen LogP contribution in [0.15, 0.2) is 41.3 Å². The number of nitrogens with one attached hydrogen (secondary N) is 2. The van der Waals surface area contributed by atoms with Crippen LogP contribution in [0.2, 0.25) is 0 Å². The van der Waals surface area contributed by atoms with Crippen LogP contribution in [0.3, 0.4) is 0 Å². The number of benzene rings is 1. The molecule has 0 saturated heterocycles. The van der Waals surface area contributed by atoms with Crippen molar-refractivity contribution in [2.24, 2.45) is 5.92 Å². The second kappa shape index (κ2) is 9.77. The summed E-state index contributed by atoms with van der Waals surface area (Å²) in [6.07, 6.45) is -3.30. The molecule has 1 aromatic carbocycles. The average molecular weight is 516 g/mol. The van der Waals surface area contributed by atoms with Gasteiger partial charge in [0.25, 0.3) is 15.9 Å². The van der Waals surface area contributed by atoms with E-state index in [4.69, 9.17) is 0 Å². The number of aliphatic hydroxyl groups is 1. The van der Waals surface area contributed by atoms with Gasteiger partial charge in [-0.05, 0) is 50.7 Å². The topological polar surface area (TPSA) is 152 Å². The van der Waals surface area contributed by atoms with Crippen molar-refractivity contribution in [3.05, 3.63) is 57.8 Å². The molecule has 0 radical (unpaired) electrons. The highest BCUT2D eigenvalue weighted by molar-refractivity contribution is 7.90. The van der Waals surface area contributed by atoms with Gasteiger partial charge in [0.1, 0.15) is 4.90 Å². The van der Waals surface area contributed by atoms with Crippen LogP contribution in [0.5, 0.6) is 0 Å². The van der Waals surface area contributed by atoms with E-state index in [0.717, 1.165) is 0 Å². The van der Waals surface area contributed by atoms with Gasteiger partial charge in [0, 0.05) is 18.2 Å². The number of carbonyl (C=O) groups excluding carboxylic acids is 1. The lowest BCUT2D eigenvalue weighted by Crippen LogP contribution is -2.33. The number of halogens is 3. The number of pyridine rings is 1. The van der Waals surface area contributed by atoms with Crippen molar-refractivity contribution >= 4 is 27.4 Å². The van der Waals surface area contributed by atoms with Crippen LogP contribution in [0.1, 0.15) is 48.7 Å². The van der Waals surface area contributed by atoms with E-state index in [9.17, 15) is 41.6 Å². The molecule has 3 N–H and O–H groups in total. The molecule has 1 heterocycles. The lowest BCUT2D eigenvalue weighted by atomic mass is 9.80. The van der Waals surface area contributed by atoms with E-state index in [-0.39, 0.29) is 24.1 Å². The Hall–Kier alpha value is -3.26. The Labute approximate surface area is 198 Å². The number of hydrogen-bond acceptors (Lipinski definition) is 8. The Balaban J connectivity index is 1.95. The molecule has 1 aliphatic carbocycles. The summed E-state index contributed by atoms with van der Waals surface area (Å²) in [4.78, 5) is 24.5. The van der Waals surface area contributed by atoms with Crippen molar-refractivity contribution in [2.45, 2.75) is 49.3 Å². The van der Waals surface area contributed by atoms with Crippen molar-refractivity contribution in [2.75, 3.05) is 11.9 Å². The van der Waals surface area contributed by atoms with Gasteiger partial charge in [-0.25, -0.2) is 18.1 Å². The van der Waals surface area contributed by atoms with Crippen molar-refractivity contribution < 1.29 is 36.4 Å². The predicted molar refractivity (Wildman–Crippen MR) is 118 cm³/mol. The quantitative estimate of drug-likeness (QED) is 0.374. The van der Waals surface area contributed by atoms with Gasteiger partial charge in [-0.15, -0.1) is 0 Å². The molecule has 1 amide bonds. The Morgan fingerprint density at radius 1 is 1.26 bits per heavy atom. The van der Waals surface area contributed by atoms with E-state index in [1.54, 1.807) is 13.0 Å². The van der Waals surface area contributed by atoms with Crippen LogP contribution < -0.4 is 10.0 Å². The van der Waals surface area contributed by atoms with Gasteiger partial charge >= 0.3 is 11.9 Å². The standard InChI is InChI=1S/C21H23F3N4O6S/c1-20(30)9-7-13(8-10-20)12-25-18-15(28(31)32)11-16(17(26-18)21(22,23)24)35(33,34)27-19(29)14-5-3-2-4-6-14/h2-6,11,13,30H,7-10,12H2,1H3,(H,25,26)(H,27,29). The van der Waals surface area contributed by atoms with Gasteiger partial charge in [0.05, 0.1) is 10.5 Å². The number of amides is 1. The summed E-state index contributed by atoms with van der Waals surface area (Å²) in [6, 6.07) is 7.11. The van der Waals surface area contributed by atoms with Gasteiger partial charge in [0.2, 0.25) is 5.82 Å². The summed E-state index contributed by atoms with van der Waals surface area (Å²) in [5.74, 6) is -2.04. The fourth-order valence-electron chi connectivity index (χ4n) is 3.73. The van der Waals surface area contributed by atoms with E-state index >= 15 is 0 Å². The third-order valence-corrected chi connectivity index (χ3v) is 7.07. The molecule has 0 bridgehead atoms. The van der Waals surface area contributed by atoms with Crippen LogP contribution in [0.4, 0.5) is 24.7 Å². The van der Waals surface area contributed by atoms with E-state index in [1.165, 1.54) is 29.0 Å². The fourth-order valence-corrected chi connectivity index (χ4v) is 4.89. The first-order valence-electron chi connectivity index (χ1n) is 10.5. The smallest absolute Gasteiger partial charge is 0.390 e. The zero-order valence-electron chi connectivity index (χ0n) is 18.5. The van der Waals surface area contributed by atoms with Crippen molar-refractivity contribution in [3.8, 4) is 0 Å². The maximum absolute atomic E-state index is 13.8. The zero-order valence-corrected chi connectivity index (χ0v) is 19.3. The maximum Gasteiger partial charge on any atom is 0.434 e. The minimum atomic E-state index is -5.30. The Kier molecular flexibility index (Phi) is 7.36. The molecule has 0 spiro atoms. The summed E-state index contributed by atoms with van der Waals surface area (Å²) in [6.45, 7) is 1.71. The summed E-state index contributed by atoms with van der Waals surface area (Å²) in [7, 11) is -5.18. The van der Waals surface area contributed by atoms with E-state index in [1.807, 2.05) is 0 Å². The number of nitro groups is 1. The lowest BCUT2D eigenvalue weighted by molar-refractivity contribution is -0.384. The molecule has 1 fully saturated rings. The Morgan fingerprint density at radius 3 is 2.40 bits per heavy atom. The SMILES string of the molecule is CC1(O)CCC(CNc2nc(C(F)(F)F)c(S(=O)(=O)NC(=O)c3ccccc3)cc2[N+](=O)[O-])CC1. The molecule has 0 unspecified atom stereocenters. The summed E-state index contributed by atoms with van der Waals surface area (Å²) >= 11 is 0. The van der Waals surface area contributed by atoms with E-state index in [0.29, 0.717) is 25.7 Å². The van der Waals surface area contributed by atoms with Crippen LogP contribution in [0.25, 0.3) is 0 Å². The average Bonchev–Trinajstić information content (AvgIpc) is 2.77. The van der Waals surface area contributed by atoms with Crippen molar-refractivity contribution in [1.82, 2.24) is 9.71 Å². The number of sulfonamides is 1. The van der Waals surface area contributed by atoms with Crippen LogP contribution >= 0.6 is 0 Å². The van der Waals surface area contributed by atoms with Gasteiger partial charge in [-0.2, -0.15) is 13.2 Å². The van der Waals surface area contributed by atoms with Crippen LogP contribution in [-0.2, 0) is 16.2 Å². The number of nitrogens with zero attached hydrogens (tertiary/aromatic N) is 2. The Bertz CT molecular complexity index is 1210. The molecular formula is C21H23F3N4O6S. The monoisotopic (exact) mass is 516 g/mol. The molecular weight excluding hydrogens is 493 g/mol. The van der Waals surface area contributed by atoms with Crippen LogP contribution in [0, 0.1) is 16.0 Å². The molecule has 10 nitrogen and oxygen atoms in total. The highest BCUT2D eigenvalue weighted by Gasteiger charge is 2.42. The van der Waals surface area contributed by atoms with Gasteiger partial charge in [0.15, 0.2) is 5.69 Å². The normalized spacial score (nSPS) is 20.8. The van der Waals surface area contributed by atoms with E-state index in [2.05, 4.69) is 10.3 Å². The third-order valence-electron chi connectivity index (χ3n) is 5.73. The maximum atomic E-state index is 13.8. The number of carbonyl (C=O) groups is 1. The molecule has 35 heavy (non-hydrogen) atoms. The predicted octanol–water partition coefficient (Wildman–Crippen LogP) is 3.48.